The van der Waals surface area contributed by atoms with Gasteiger partial charge in [0, 0.05) is 46.0 Å². The molecule has 0 aliphatic heterocycles. The zero-order valence-corrected chi connectivity index (χ0v) is 17.1. The van der Waals surface area contributed by atoms with Gasteiger partial charge in [0.2, 0.25) is 0 Å². The minimum Gasteiger partial charge on any atom is -0.493 e. The van der Waals surface area contributed by atoms with Gasteiger partial charge in [0.1, 0.15) is 17.9 Å². The molecule has 0 spiro atoms. The topological polar surface area (TPSA) is 85.6 Å². The van der Waals surface area contributed by atoms with Crippen molar-refractivity contribution in [3.8, 4) is 5.75 Å². The average molecular weight is 460 g/mol. The van der Waals surface area contributed by atoms with Crippen LogP contribution in [-0.2, 0) is 18.3 Å². The summed E-state index contributed by atoms with van der Waals surface area (Å²) in [5.41, 5.74) is 0.894. The molecule has 2 N–H and O–H groups in total. The molecule has 25 heavy (non-hydrogen) atoms. The van der Waals surface area contributed by atoms with Gasteiger partial charge in [0.15, 0.2) is 5.96 Å². The fraction of sp³-hybridized carbons (Fsp3) is 0.438. The van der Waals surface area contributed by atoms with Crippen LogP contribution in [0.2, 0.25) is 0 Å². The Morgan fingerprint density at radius 1 is 1.32 bits per heavy atom. The molecule has 0 aliphatic carbocycles. The summed E-state index contributed by atoms with van der Waals surface area (Å²) in [5, 5.41) is 10.5. The zero-order valence-electron chi connectivity index (χ0n) is 14.7. The van der Waals surface area contributed by atoms with E-state index < -0.39 is 0 Å². The van der Waals surface area contributed by atoms with E-state index in [1.54, 1.807) is 18.8 Å². The SMILES string of the molecule is CN=C(NCc1ncnn1C)Nc1cccc(OCCCOC)c1.I. The van der Waals surface area contributed by atoms with Crippen molar-refractivity contribution >= 4 is 35.6 Å². The van der Waals surface area contributed by atoms with Gasteiger partial charge in [-0.3, -0.25) is 9.67 Å². The van der Waals surface area contributed by atoms with Crippen molar-refractivity contribution in [1.29, 1.82) is 0 Å². The van der Waals surface area contributed by atoms with Gasteiger partial charge in [0.05, 0.1) is 13.2 Å². The van der Waals surface area contributed by atoms with E-state index in [1.807, 2.05) is 31.3 Å². The Morgan fingerprint density at radius 2 is 2.16 bits per heavy atom. The number of guanidine groups is 1. The van der Waals surface area contributed by atoms with Gasteiger partial charge in [-0.05, 0) is 12.1 Å². The minimum atomic E-state index is 0. The standard InChI is InChI=1S/C16H24N6O2.HI/c1-17-16(18-11-15-19-12-20-22(15)2)21-13-6-4-7-14(10-13)24-9-5-8-23-3;/h4,6-7,10,12H,5,8-9,11H2,1-3H3,(H2,17,18,21);1H. The lowest BCUT2D eigenvalue weighted by Gasteiger charge is -2.13. The summed E-state index contributed by atoms with van der Waals surface area (Å²) in [5.74, 6) is 2.28. The predicted molar refractivity (Wildman–Crippen MR) is 109 cm³/mol. The van der Waals surface area contributed by atoms with Crippen LogP contribution in [0.1, 0.15) is 12.2 Å². The van der Waals surface area contributed by atoms with Gasteiger partial charge in [-0.25, -0.2) is 4.98 Å². The van der Waals surface area contributed by atoms with E-state index in [2.05, 4.69) is 25.7 Å². The van der Waals surface area contributed by atoms with Crippen molar-refractivity contribution in [3.05, 3.63) is 36.4 Å². The number of rotatable bonds is 8. The monoisotopic (exact) mass is 460 g/mol. The second kappa shape index (κ2) is 11.6. The maximum atomic E-state index is 5.70. The third-order valence-corrected chi connectivity index (χ3v) is 3.30. The van der Waals surface area contributed by atoms with Crippen molar-refractivity contribution in [2.24, 2.45) is 12.0 Å². The molecule has 1 aromatic carbocycles. The summed E-state index contributed by atoms with van der Waals surface area (Å²) >= 11 is 0. The molecule has 0 amide bonds. The molecule has 0 bridgehead atoms. The molecular formula is C16H25IN6O2. The molecule has 0 unspecified atom stereocenters. The number of hydrogen-bond donors (Lipinski definition) is 2. The molecule has 1 heterocycles. The van der Waals surface area contributed by atoms with Crippen LogP contribution >= 0.6 is 24.0 Å². The van der Waals surface area contributed by atoms with E-state index >= 15 is 0 Å². The normalized spacial score (nSPS) is 10.9. The summed E-state index contributed by atoms with van der Waals surface area (Å²) in [4.78, 5) is 8.38. The van der Waals surface area contributed by atoms with Gasteiger partial charge >= 0.3 is 0 Å². The van der Waals surface area contributed by atoms with Gasteiger partial charge in [-0.2, -0.15) is 5.10 Å². The molecule has 9 heteroatoms. The number of methoxy groups -OCH3 is 1. The third kappa shape index (κ3) is 7.26. The number of ether oxygens (including phenoxy) is 2. The Hall–Kier alpha value is -1.88. The lowest BCUT2D eigenvalue weighted by Crippen LogP contribution is -2.31. The van der Waals surface area contributed by atoms with Crippen LogP contribution in [0, 0.1) is 0 Å². The number of nitrogens with zero attached hydrogens (tertiary/aromatic N) is 4. The van der Waals surface area contributed by atoms with Crippen molar-refractivity contribution in [2.45, 2.75) is 13.0 Å². The molecule has 0 atom stereocenters. The Kier molecular flexibility index (Phi) is 9.85. The number of benzene rings is 1. The Morgan fingerprint density at radius 3 is 2.84 bits per heavy atom. The van der Waals surface area contributed by atoms with Crippen LogP contribution in [0.15, 0.2) is 35.6 Å². The zero-order chi connectivity index (χ0) is 17.2. The first-order valence-electron chi connectivity index (χ1n) is 7.75. The quantitative estimate of drug-likeness (QED) is 0.272. The van der Waals surface area contributed by atoms with Crippen LogP contribution in [0.4, 0.5) is 5.69 Å². The molecule has 2 aromatic rings. The van der Waals surface area contributed by atoms with Crippen molar-refractivity contribution in [3.63, 3.8) is 0 Å². The molecule has 138 valence electrons. The summed E-state index contributed by atoms with van der Waals surface area (Å²) in [7, 11) is 5.26. The minimum absolute atomic E-state index is 0. The second-order valence-electron chi connectivity index (χ2n) is 5.07. The number of hydrogen-bond acceptors (Lipinski definition) is 5. The molecule has 0 aliphatic rings. The van der Waals surface area contributed by atoms with Crippen LogP contribution < -0.4 is 15.4 Å². The van der Waals surface area contributed by atoms with Crippen molar-refractivity contribution in [2.75, 3.05) is 32.7 Å². The fourth-order valence-electron chi connectivity index (χ4n) is 2.02. The Labute approximate surface area is 165 Å². The molecule has 0 saturated heterocycles. The second-order valence-corrected chi connectivity index (χ2v) is 5.07. The molecule has 0 saturated carbocycles. The highest BCUT2D eigenvalue weighted by Crippen LogP contribution is 2.17. The van der Waals surface area contributed by atoms with E-state index in [-0.39, 0.29) is 24.0 Å². The van der Waals surface area contributed by atoms with E-state index in [1.165, 1.54) is 6.33 Å². The lowest BCUT2D eigenvalue weighted by atomic mass is 10.3. The largest absolute Gasteiger partial charge is 0.493 e. The first-order valence-corrected chi connectivity index (χ1v) is 7.75. The maximum Gasteiger partial charge on any atom is 0.195 e. The molecule has 0 radical (unpaired) electrons. The van der Waals surface area contributed by atoms with Crippen LogP contribution in [0.3, 0.4) is 0 Å². The number of aromatic nitrogens is 3. The van der Waals surface area contributed by atoms with E-state index in [0.29, 0.717) is 25.7 Å². The predicted octanol–water partition coefficient (Wildman–Crippen LogP) is 2.04. The highest BCUT2D eigenvalue weighted by molar-refractivity contribution is 14.0. The summed E-state index contributed by atoms with van der Waals surface area (Å²) in [6.07, 6.45) is 2.38. The van der Waals surface area contributed by atoms with Crippen LogP contribution in [-0.4, -0.2) is 48.1 Å². The van der Waals surface area contributed by atoms with Gasteiger partial charge in [-0.15, -0.1) is 24.0 Å². The van der Waals surface area contributed by atoms with E-state index in [0.717, 1.165) is 23.7 Å². The average Bonchev–Trinajstić information content (AvgIpc) is 3.01. The highest BCUT2D eigenvalue weighted by Gasteiger charge is 2.04. The third-order valence-electron chi connectivity index (χ3n) is 3.30. The molecule has 0 fully saturated rings. The van der Waals surface area contributed by atoms with Gasteiger partial charge < -0.3 is 20.1 Å². The molecular weight excluding hydrogens is 435 g/mol. The Bertz CT molecular complexity index is 662. The van der Waals surface area contributed by atoms with Crippen molar-refractivity contribution in [1.82, 2.24) is 20.1 Å². The Balaban J connectivity index is 0.00000312. The van der Waals surface area contributed by atoms with E-state index in [9.17, 15) is 0 Å². The molecule has 1 aromatic heterocycles. The first kappa shape index (κ1) is 21.2. The fourth-order valence-corrected chi connectivity index (χ4v) is 2.02. The van der Waals surface area contributed by atoms with Crippen LogP contribution in [0.5, 0.6) is 5.75 Å². The number of aryl methyl sites for hydroxylation is 1. The van der Waals surface area contributed by atoms with Crippen LogP contribution in [0.25, 0.3) is 0 Å². The molecule has 2 rings (SSSR count). The van der Waals surface area contributed by atoms with E-state index in [4.69, 9.17) is 9.47 Å². The number of nitrogens with one attached hydrogen (secondary N) is 2. The molecule has 8 nitrogen and oxygen atoms in total. The lowest BCUT2D eigenvalue weighted by molar-refractivity contribution is 0.172. The van der Waals surface area contributed by atoms with Gasteiger partial charge in [0.25, 0.3) is 0 Å². The highest BCUT2D eigenvalue weighted by atomic mass is 127. The van der Waals surface area contributed by atoms with Crippen molar-refractivity contribution < 1.29 is 9.47 Å². The number of aliphatic imine (C=N–C) groups is 1. The summed E-state index contributed by atoms with van der Waals surface area (Å²) in [6.45, 7) is 1.84. The maximum absolute atomic E-state index is 5.70. The number of halogens is 1. The summed E-state index contributed by atoms with van der Waals surface area (Å²) in [6, 6.07) is 7.75. The summed E-state index contributed by atoms with van der Waals surface area (Å²) < 4.78 is 12.4. The first-order chi connectivity index (χ1) is 11.7. The van der Waals surface area contributed by atoms with Gasteiger partial charge in [-0.1, -0.05) is 6.07 Å². The number of anilines is 1. The smallest absolute Gasteiger partial charge is 0.195 e.